The number of hydrogen-bond acceptors (Lipinski definition) is 5. The molecule has 0 aliphatic carbocycles. The highest BCUT2D eigenvalue weighted by atomic mass is 16.5. The first kappa shape index (κ1) is 20.9. The van der Waals surface area contributed by atoms with Gasteiger partial charge in [-0.2, -0.15) is 0 Å². The number of aromatic nitrogens is 1. The van der Waals surface area contributed by atoms with Crippen molar-refractivity contribution in [3.05, 3.63) is 57.5 Å². The number of aryl methyl sites for hydroxylation is 3. The number of carbonyl (C=O) groups excluding carboxylic acids is 1. The Morgan fingerprint density at radius 2 is 1.97 bits per heavy atom. The summed E-state index contributed by atoms with van der Waals surface area (Å²) < 4.78 is 12.2. The Hall–Kier alpha value is -2.80. The molecule has 2 N–H and O–H groups in total. The molecule has 1 fully saturated rings. The number of nitrogens with two attached hydrogens (primary N) is 1. The third kappa shape index (κ3) is 4.62. The van der Waals surface area contributed by atoms with Crippen LogP contribution in [0, 0.1) is 6.92 Å². The van der Waals surface area contributed by atoms with Gasteiger partial charge in [-0.05, 0) is 55.5 Å². The van der Waals surface area contributed by atoms with E-state index in [1.54, 1.807) is 36.8 Å². The SMILES string of the molecule is COc1ccc(CCn2ccc(C)c(C(=O)N3CCCC(N)C3)c2=O)cc1OC. The maximum absolute atomic E-state index is 13.0. The van der Waals surface area contributed by atoms with E-state index >= 15 is 0 Å². The number of methoxy groups -OCH3 is 2. The predicted molar refractivity (Wildman–Crippen MR) is 112 cm³/mol. The van der Waals surface area contributed by atoms with Gasteiger partial charge in [0, 0.05) is 31.9 Å². The van der Waals surface area contributed by atoms with Crippen molar-refractivity contribution < 1.29 is 14.3 Å². The lowest BCUT2D eigenvalue weighted by Gasteiger charge is -2.31. The van der Waals surface area contributed by atoms with E-state index in [9.17, 15) is 9.59 Å². The fourth-order valence-electron chi connectivity index (χ4n) is 3.74. The first-order valence-electron chi connectivity index (χ1n) is 9.90. The highest BCUT2D eigenvalue weighted by molar-refractivity contribution is 5.95. The second-order valence-corrected chi connectivity index (χ2v) is 7.47. The predicted octanol–water partition coefficient (Wildman–Crippen LogP) is 1.98. The molecule has 1 unspecified atom stereocenters. The molecule has 2 aromatic rings. The summed E-state index contributed by atoms with van der Waals surface area (Å²) in [6.45, 7) is 3.41. The summed E-state index contributed by atoms with van der Waals surface area (Å²) in [5.74, 6) is 1.10. The molecule has 29 heavy (non-hydrogen) atoms. The first-order chi connectivity index (χ1) is 13.9. The van der Waals surface area contributed by atoms with Crippen LogP contribution in [-0.2, 0) is 13.0 Å². The molecule has 1 aromatic heterocycles. The van der Waals surface area contributed by atoms with Gasteiger partial charge in [0.25, 0.3) is 11.5 Å². The summed E-state index contributed by atoms with van der Waals surface area (Å²) in [6.07, 6.45) is 4.15. The fourth-order valence-corrected chi connectivity index (χ4v) is 3.74. The van der Waals surface area contributed by atoms with Crippen LogP contribution in [0.25, 0.3) is 0 Å². The number of benzene rings is 1. The van der Waals surface area contributed by atoms with Gasteiger partial charge < -0.3 is 24.7 Å². The summed E-state index contributed by atoms with van der Waals surface area (Å²) in [6, 6.07) is 7.50. The van der Waals surface area contributed by atoms with E-state index in [0.29, 0.717) is 43.1 Å². The Balaban J connectivity index is 1.80. The third-order valence-corrected chi connectivity index (χ3v) is 5.42. The van der Waals surface area contributed by atoms with E-state index in [1.807, 2.05) is 24.3 Å². The highest BCUT2D eigenvalue weighted by Crippen LogP contribution is 2.27. The standard InChI is InChI=1S/C22H29N3O4/c1-15-8-11-24(12-9-16-6-7-18(28-2)19(13-16)29-3)21(26)20(15)22(27)25-10-4-5-17(23)14-25/h6-8,11,13,17H,4-5,9-10,12,14,23H2,1-3H3. The third-order valence-electron chi connectivity index (χ3n) is 5.42. The number of ether oxygens (including phenoxy) is 2. The summed E-state index contributed by atoms with van der Waals surface area (Å²) in [5, 5.41) is 0. The van der Waals surface area contributed by atoms with Crippen LogP contribution in [0.1, 0.15) is 34.3 Å². The van der Waals surface area contributed by atoms with E-state index in [4.69, 9.17) is 15.2 Å². The average Bonchev–Trinajstić information content (AvgIpc) is 2.72. The molecule has 7 heteroatoms. The fraction of sp³-hybridized carbons (Fsp3) is 0.455. The van der Waals surface area contributed by atoms with Gasteiger partial charge in [-0.25, -0.2) is 0 Å². The van der Waals surface area contributed by atoms with Crippen molar-refractivity contribution in [2.45, 2.75) is 38.8 Å². The van der Waals surface area contributed by atoms with Gasteiger partial charge in [0.05, 0.1) is 14.2 Å². The van der Waals surface area contributed by atoms with Crippen molar-refractivity contribution >= 4 is 5.91 Å². The van der Waals surface area contributed by atoms with Crippen molar-refractivity contribution in [2.24, 2.45) is 5.73 Å². The molecular formula is C22H29N3O4. The zero-order valence-corrected chi connectivity index (χ0v) is 17.3. The number of carbonyl (C=O) groups is 1. The lowest BCUT2D eigenvalue weighted by atomic mass is 10.0. The minimum Gasteiger partial charge on any atom is -0.493 e. The van der Waals surface area contributed by atoms with Crippen LogP contribution in [0.5, 0.6) is 11.5 Å². The second kappa shape index (κ2) is 9.13. The van der Waals surface area contributed by atoms with Gasteiger partial charge >= 0.3 is 0 Å². The van der Waals surface area contributed by atoms with E-state index in [1.165, 1.54) is 0 Å². The zero-order chi connectivity index (χ0) is 21.0. The molecule has 1 aliphatic heterocycles. The van der Waals surface area contributed by atoms with Crippen molar-refractivity contribution in [1.82, 2.24) is 9.47 Å². The van der Waals surface area contributed by atoms with E-state index in [-0.39, 0.29) is 23.1 Å². The lowest BCUT2D eigenvalue weighted by Crippen LogP contribution is -2.47. The van der Waals surface area contributed by atoms with E-state index in [0.717, 1.165) is 18.4 Å². The molecule has 156 valence electrons. The quantitative estimate of drug-likeness (QED) is 0.803. The molecular weight excluding hydrogens is 370 g/mol. The molecule has 0 radical (unpaired) electrons. The number of amides is 1. The Morgan fingerprint density at radius 1 is 1.21 bits per heavy atom. The average molecular weight is 399 g/mol. The van der Waals surface area contributed by atoms with Crippen molar-refractivity contribution in [2.75, 3.05) is 27.3 Å². The van der Waals surface area contributed by atoms with Gasteiger partial charge in [-0.1, -0.05) is 6.07 Å². The topological polar surface area (TPSA) is 86.8 Å². The molecule has 1 aromatic carbocycles. The van der Waals surface area contributed by atoms with Crippen LogP contribution in [0.3, 0.4) is 0 Å². The number of nitrogens with zero attached hydrogens (tertiary/aromatic N) is 2. The van der Waals surface area contributed by atoms with Crippen LogP contribution in [-0.4, -0.2) is 48.7 Å². The van der Waals surface area contributed by atoms with E-state index < -0.39 is 0 Å². The number of pyridine rings is 1. The summed E-state index contributed by atoms with van der Waals surface area (Å²) in [7, 11) is 3.19. The molecule has 1 atom stereocenters. The van der Waals surface area contributed by atoms with Crippen molar-refractivity contribution in [3.8, 4) is 11.5 Å². The lowest BCUT2D eigenvalue weighted by molar-refractivity contribution is 0.0705. The number of piperidine rings is 1. The van der Waals surface area contributed by atoms with Crippen LogP contribution in [0.2, 0.25) is 0 Å². The molecule has 7 nitrogen and oxygen atoms in total. The van der Waals surface area contributed by atoms with Gasteiger partial charge in [0.1, 0.15) is 5.56 Å². The van der Waals surface area contributed by atoms with Gasteiger partial charge in [0.15, 0.2) is 11.5 Å². The van der Waals surface area contributed by atoms with Crippen LogP contribution < -0.4 is 20.8 Å². The molecule has 0 saturated carbocycles. The van der Waals surface area contributed by atoms with Crippen LogP contribution in [0.4, 0.5) is 0 Å². The Labute approximate surface area is 171 Å². The molecule has 1 aliphatic rings. The second-order valence-electron chi connectivity index (χ2n) is 7.47. The maximum Gasteiger partial charge on any atom is 0.263 e. The van der Waals surface area contributed by atoms with Gasteiger partial charge in [-0.15, -0.1) is 0 Å². The maximum atomic E-state index is 13.0. The first-order valence-corrected chi connectivity index (χ1v) is 9.90. The van der Waals surface area contributed by atoms with Crippen LogP contribution in [0.15, 0.2) is 35.3 Å². The molecule has 3 rings (SSSR count). The number of hydrogen-bond donors (Lipinski definition) is 1. The van der Waals surface area contributed by atoms with Crippen LogP contribution >= 0.6 is 0 Å². The highest BCUT2D eigenvalue weighted by Gasteiger charge is 2.26. The largest absolute Gasteiger partial charge is 0.493 e. The smallest absolute Gasteiger partial charge is 0.263 e. The van der Waals surface area contributed by atoms with Gasteiger partial charge in [0.2, 0.25) is 0 Å². The molecule has 0 bridgehead atoms. The van der Waals surface area contributed by atoms with Gasteiger partial charge in [-0.3, -0.25) is 9.59 Å². The van der Waals surface area contributed by atoms with Crippen molar-refractivity contribution in [3.63, 3.8) is 0 Å². The normalized spacial score (nSPS) is 16.6. The minimum atomic E-state index is -0.255. The Morgan fingerprint density at radius 3 is 2.66 bits per heavy atom. The monoisotopic (exact) mass is 399 g/mol. The molecule has 1 saturated heterocycles. The summed E-state index contributed by atoms with van der Waals surface area (Å²) in [5.41, 5.74) is 7.71. The van der Waals surface area contributed by atoms with E-state index in [2.05, 4.69) is 0 Å². The summed E-state index contributed by atoms with van der Waals surface area (Å²) in [4.78, 5) is 27.7. The minimum absolute atomic E-state index is 0.0241. The Kier molecular flexibility index (Phi) is 6.59. The molecule has 1 amide bonds. The Bertz CT molecular complexity index is 938. The van der Waals surface area contributed by atoms with Crippen molar-refractivity contribution in [1.29, 1.82) is 0 Å². The zero-order valence-electron chi connectivity index (χ0n) is 17.3. The number of likely N-dealkylation sites (tertiary alicyclic amines) is 1. The molecule has 0 spiro atoms. The summed E-state index contributed by atoms with van der Waals surface area (Å²) >= 11 is 0. The number of rotatable bonds is 6. The molecule has 2 heterocycles.